The Hall–Kier alpha value is -3.98. The molecular formula is C25H28N8O. The molecule has 4 aromatic rings. The van der Waals surface area contributed by atoms with Crippen LogP contribution in [0.5, 0.6) is 0 Å². The van der Waals surface area contributed by atoms with Gasteiger partial charge >= 0.3 is 0 Å². The number of tetrazole rings is 1. The Morgan fingerprint density at radius 2 is 1.79 bits per heavy atom. The number of hydrogen-bond donors (Lipinski definition) is 1. The first-order chi connectivity index (χ1) is 16.3. The van der Waals surface area contributed by atoms with E-state index in [1.165, 1.54) is 5.56 Å². The van der Waals surface area contributed by atoms with E-state index in [1.807, 2.05) is 76.2 Å². The minimum absolute atomic E-state index is 0.0181. The van der Waals surface area contributed by atoms with Crippen molar-refractivity contribution in [2.45, 2.75) is 33.4 Å². The zero-order valence-electron chi connectivity index (χ0n) is 20.0. The normalized spacial score (nSPS) is 12.1. The van der Waals surface area contributed by atoms with Gasteiger partial charge in [0.1, 0.15) is 0 Å². The number of aryl methyl sites for hydroxylation is 2. The van der Waals surface area contributed by atoms with E-state index >= 15 is 0 Å². The summed E-state index contributed by atoms with van der Waals surface area (Å²) in [5.74, 6) is 0.472. The monoisotopic (exact) mass is 456 g/mol. The van der Waals surface area contributed by atoms with Gasteiger partial charge < -0.3 is 5.32 Å². The summed E-state index contributed by atoms with van der Waals surface area (Å²) >= 11 is 0. The van der Waals surface area contributed by atoms with Crippen LogP contribution in [-0.2, 0) is 6.54 Å². The van der Waals surface area contributed by atoms with Crippen LogP contribution in [0, 0.1) is 13.8 Å². The van der Waals surface area contributed by atoms with Crippen LogP contribution in [0.25, 0.3) is 16.8 Å². The molecule has 0 radical (unpaired) electrons. The summed E-state index contributed by atoms with van der Waals surface area (Å²) in [4.78, 5) is 23.7. The molecule has 2 heterocycles. The van der Waals surface area contributed by atoms with Crippen molar-refractivity contribution in [3.05, 3.63) is 83.2 Å². The minimum atomic E-state index is -0.215. The number of hydrogen-bond acceptors (Lipinski definition) is 7. The van der Waals surface area contributed by atoms with Gasteiger partial charge in [0.15, 0.2) is 5.82 Å². The van der Waals surface area contributed by atoms with Crippen molar-refractivity contribution < 1.29 is 4.79 Å². The highest BCUT2D eigenvalue weighted by molar-refractivity contribution is 5.96. The Kier molecular flexibility index (Phi) is 6.74. The van der Waals surface area contributed by atoms with Gasteiger partial charge in [-0.1, -0.05) is 29.8 Å². The predicted molar refractivity (Wildman–Crippen MR) is 129 cm³/mol. The Morgan fingerprint density at radius 1 is 1.03 bits per heavy atom. The van der Waals surface area contributed by atoms with Gasteiger partial charge in [-0.25, -0.2) is 0 Å². The smallest absolute Gasteiger partial charge is 0.251 e. The standard InChI is InChI=1S/C25H28N8O/c1-16-6-8-19(9-7-16)20-10-21(25(34)28-15-22-14-26-17(2)13-27-22)12-23(11-20)33-24(29-30-31-33)18(3)32(4)5/h6-14,18H,15H2,1-5H3,(H,28,34). The molecule has 0 bridgehead atoms. The lowest BCUT2D eigenvalue weighted by molar-refractivity contribution is 0.0950. The third-order valence-corrected chi connectivity index (χ3v) is 5.72. The summed E-state index contributed by atoms with van der Waals surface area (Å²) in [7, 11) is 3.94. The molecule has 1 amide bonds. The maximum atomic E-state index is 13.1. The van der Waals surface area contributed by atoms with E-state index in [1.54, 1.807) is 23.1 Å². The molecule has 4 rings (SSSR count). The van der Waals surface area contributed by atoms with Crippen LogP contribution in [0.2, 0.25) is 0 Å². The van der Waals surface area contributed by atoms with Gasteiger partial charge in [0.05, 0.1) is 35.9 Å². The SMILES string of the molecule is Cc1ccc(-c2cc(C(=O)NCc3cnc(C)cn3)cc(-n3nnnc3C(C)N(C)C)c2)cc1. The molecule has 34 heavy (non-hydrogen) atoms. The van der Waals surface area contributed by atoms with Crippen LogP contribution in [0.3, 0.4) is 0 Å². The lowest BCUT2D eigenvalue weighted by Gasteiger charge is -2.19. The van der Waals surface area contributed by atoms with Gasteiger partial charge in [0.25, 0.3) is 5.91 Å². The maximum Gasteiger partial charge on any atom is 0.251 e. The molecule has 0 spiro atoms. The number of carbonyl (C=O) groups excluding carboxylic acids is 1. The van der Waals surface area contributed by atoms with Crippen molar-refractivity contribution >= 4 is 5.91 Å². The molecule has 0 fully saturated rings. The molecular weight excluding hydrogens is 428 g/mol. The molecule has 1 unspecified atom stereocenters. The average Bonchev–Trinajstić information content (AvgIpc) is 3.33. The molecule has 0 aliphatic rings. The molecule has 2 aromatic heterocycles. The third-order valence-electron chi connectivity index (χ3n) is 5.72. The molecule has 9 heteroatoms. The van der Waals surface area contributed by atoms with Gasteiger partial charge in [0, 0.05) is 11.8 Å². The lowest BCUT2D eigenvalue weighted by Crippen LogP contribution is -2.24. The molecule has 174 valence electrons. The molecule has 9 nitrogen and oxygen atoms in total. The second-order valence-electron chi connectivity index (χ2n) is 8.55. The summed E-state index contributed by atoms with van der Waals surface area (Å²) in [6, 6.07) is 13.8. The molecule has 2 aromatic carbocycles. The van der Waals surface area contributed by atoms with E-state index in [-0.39, 0.29) is 18.5 Å². The number of aromatic nitrogens is 6. The van der Waals surface area contributed by atoms with Gasteiger partial charge in [-0.05, 0) is 74.6 Å². The Balaban J connectivity index is 1.72. The second kappa shape index (κ2) is 9.88. The summed E-state index contributed by atoms with van der Waals surface area (Å²) < 4.78 is 1.69. The van der Waals surface area contributed by atoms with Gasteiger partial charge in [-0.3, -0.25) is 19.7 Å². The van der Waals surface area contributed by atoms with Crippen molar-refractivity contribution in [2.75, 3.05) is 14.1 Å². The Morgan fingerprint density at radius 3 is 2.47 bits per heavy atom. The van der Waals surface area contributed by atoms with Crippen molar-refractivity contribution in [3.8, 4) is 16.8 Å². The highest BCUT2D eigenvalue weighted by Gasteiger charge is 2.19. The Labute approximate surface area is 198 Å². The van der Waals surface area contributed by atoms with E-state index < -0.39 is 0 Å². The summed E-state index contributed by atoms with van der Waals surface area (Å²) in [6.07, 6.45) is 3.35. The number of nitrogens with zero attached hydrogens (tertiary/aromatic N) is 7. The van der Waals surface area contributed by atoms with Crippen LogP contribution in [-0.4, -0.2) is 55.1 Å². The summed E-state index contributed by atoms with van der Waals surface area (Å²) in [5, 5.41) is 15.3. The molecule has 0 saturated heterocycles. The highest BCUT2D eigenvalue weighted by Crippen LogP contribution is 2.26. The highest BCUT2D eigenvalue weighted by atomic mass is 16.1. The summed E-state index contributed by atoms with van der Waals surface area (Å²) in [5.41, 5.74) is 5.81. The zero-order chi connectivity index (χ0) is 24.2. The van der Waals surface area contributed by atoms with Crippen molar-refractivity contribution in [2.24, 2.45) is 0 Å². The fourth-order valence-corrected chi connectivity index (χ4v) is 3.43. The lowest BCUT2D eigenvalue weighted by atomic mass is 10.0. The molecule has 1 atom stereocenters. The number of carbonyl (C=O) groups is 1. The molecule has 0 saturated carbocycles. The van der Waals surface area contributed by atoms with Crippen LogP contribution in [0.4, 0.5) is 0 Å². The molecule has 0 aliphatic heterocycles. The minimum Gasteiger partial charge on any atom is -0.346 e. The quantitative estimate of drug-likeness (QED) is 0.455. The molecule has 0 aliphatic carbocycles. The van der Waals surface area contributed by atoms with E-state index in [4.69, 9.17) is 0 Å². The molecule has 1 N–H and O–H groups in total. The third kappa shape index (κ3) is 5.15. The number of nitrogens with one attached hydrogen (secondary N) is 1. The number of amides is 1. The first-order valence-corrected chi connectivity index (χ1v) is 11.0. The second-order valence-corrected chi connectivity index (χ2v) is 8.55. The van der Waals surface area contributed by atoms with Crippen LogP contribution in [0.15, 0.2) is 54.9 Å². The fraction of sp³-hybridized carbons (Fsp3) is 0.280. The summed E-state index contributed by atoms with van der Waals surface area (Å²) in [6.45, 7) is 6.23. The first-order valence-electron chi connectivity index (χ1n) is 11.0. The zero-order valence-corrected chi connectivity index (χ0v) is 20.0. The van der Waals surface area contributed by atoms with E-state index in [2.05, 4.69) is 30.8 Å². The van der Waals surface area contributed by atoms with Crippen molar-refractivity contribution in [1.29, 1.82) is 0 Å². The largest absolute Gasteiger partial charge is 0.346 e. The van der Waals surface area contributed by atoms with E-state index in [9.17, 15) is 4.79 Å². The average molecular weight is 457 g/mol. The topological polar surface area (TPSA) is 102 Å². The predicted octanol–water partition coefficient (Wildman–Crippen LogP) is 3.29. The van der Waals surface area contributed by atoms with Crippen LogP contribution >= 0.6 is 0 Å². The van der Waals surface area contributed by atoms with Crippen LogP contribution < -0.4 is 5.32 Å². The van der Waals surface area contributed by atoms with E-state index in [0.717, 1.165) is 16.8 Å². The van der Waals surface area contributed by atoms with Gasteiger partial charge in [-0.15, -0.1) is 5.10 Å². The number of rotatable bonds is 7. The maximum absolute atomic E-state index is 13.1. The van der Waals surface area contributed by atoms with E-state index in [0.29, 0.717) is 22.8 Å². The van der Waals surface area contributed by atoms with Crippen molar-refractivity contribution in [1.82, 2.24) is 40.4 Å². The van der Waals surface area contributed by atoms with Gasteiger partial charge in [0.2, 0.25) is 0 Å². The van der Waals surface area contributed by atoms with Gasteiger partial charge in [-0.2, -0.15) is 4.68 Å². The number of benzene rings is 2. The first kappa shape index (κ1) is 23.2. The Bertz CT molecular complexity index is 1280. The van der Waals surface area contributed by atoms with Crippen LogP contribution in [0.1, 0.15) is 46.1 Å². The van der Waals surface area contributed by atoms with Crippen molar-refractivity contribution in [3.63, 3.8) is 0 Å². The fourth-order valence-electron chi connectivity index (χ4n) is 3.43.